The van der Waals surface area contributed by atoms with Crippen LogP contribution in [-0.2, 0) is 4.79 Å². The number of carbonyl (C=O) groups excluding carboxylic acids is 1. The van der Waals surface area contributed by atoms with Crippen LogP contribution in [0.3, 0.4) is 0 Å². The third-order valence-corrected chi connectivity index (χ3v) is 4.06. The van der Waals surface area contributed by atoms with Gasteiger partial charge in [0.15, 0.2) is 5.92 Å². The van der Waals surface area contributed by atoms with E-state index < -0.39 is 17.9 Å². The van der Waals surface area contributed by atoms with E-state index in [9.17, 15) is 14.4 Å². The number of rotatable bonds is 1. The number of para-hydroxylation sites is 2. The summed E-state index contributed by atoms with van der Waals surface area (Å²) in [4.78, 5) is 16.7. The highest BCUT2D eigenvalue weighted by Crippen LogP contribution is 2.37. The first-order valence-electron chi connectivity index (χ1n) is 7.12. The molecule has 0 bridgehead atoms. The maximum absolute atomic E-state index is 13.2. The summed E-state index contributed by atoms with van der Waals surface area (Å²) in [6.07, 6.45) is 0. The molecule has 1 aliphatic heterocycles. The van der Waals surface area contributed by atoms with Crippen LogP contribution in [0.15, 0.2) is 48.5 Å². The fourth-order valence-corrected chi connectivity index (χ4v) is 3.03. The Morgan fingerprint density at radius 2 is 1.91 bits per heavy atom. The van der Waals surface area contributed by atoms with Gasteiger partial charge in [-0.1, -0.05) is 24.3 Å². The van der Waals surface area contributed by atoms with Gasteiger partial charge in [0.25, 0.3) is 0 Å². The first kappa shape index (κ1) is 13.5. The van der Waals surface area contributed by atoms with E-state index in [0.717, 1.165) is 11.0 Å². The monoisotopic (exact) mass is 306 g/mol. The lowest BCUT2D eigenvalue weighted by atomic mass is 9.91. The molecular weight excluding hydrogens is 295 g/mol. The number of anilines is 1. The Hall–Kier alpha value is -3.20. The molecule has 112 valence electrons. The molecule has 23 heavy (non-hydrogen) atoms. The average Bonchev–Trinajstić information content (AvgIpc) is 2.92. The summed E-state index contributed by atoms with van der Waals surface area (Å²) in [5, 5.41) is 12.1. The molecule has 3 aromatic rings. The topological polar surface area (TPSA) is 70.7 Å². The van der Waals surface area contributed by atoms with E-state index in [4.69, 9.17) is 0 Å². The largest absolute Gasteiger partial charge is 0.300 e. The number of halogens is 1. The van der Waals surface area contributed by atoms with Gasteiger partial charge < -0.3 is 4.57 Å². The maximum Gasteiger partial charge on any atom is 0.246 e. The van der Waals surface area contributed by atoms with E-state index in [1.165, 1.54) is 12.1 Å². The molecule has 0 saturated carbocycles. The quantitative estimate of drug-likeness (QED) is 0.751. The maximum atomic E-state index is 13.2. The first-order chi connectivity index (χ1) is 11.2. The number of fused-ring (bicyclic) bond motifs is 3. The number of nitrogens with one attached hydrogen (secondary N) is 1. The molecule has 5 nitrogen and oxygen atoms in total. The molecule has 1 N–H and O–H groups in total. The molecule has 0 fully saturated rings. The molecule has 0 saturated heterocycles. The first-order valence-corrected chi connectivity index (χ1v) is 7.12. The van der Waals surface area contributed by atoms with Crippen molar-refractivity contribution < 1.29 is 9.18 Å². The minimum absolute atomic E-state index is 0.363. The van der Waals surface area contributed by atoms with Gasteiger partial charge in [-0.3, -0.25) is 10.1 Å². The van der Waals surface area contributed by atoms with Crippen molar-refractivity contribution in [2.45, 2.75) is 6.04 Å². The number of amides is 1. The zero-order valence-electron chi connectivity index (χ0n) is 11.9. The summed E-state index contributed by atoms with van der Waals surface area (Å²) < 4.78 is 15.1. The smallest absolute Gasteiger partial charge is 0.246 e. The number of carbonyl (C=O) groups is 1. The lowest BCUT2D eigenvalue weighted by molar-refractivity contribution is -0.119. The van der Waals surface area contributed by atoms with Crippen LogP contribution in [0, 0.1) is 23.1 Å². The van der Waals surface area contributed by atoms with Crippen LogP contribution < -0.4 is 5.32 Å². The standard InChI is InChI=1S/C17H11FN4O/c18-11-7-5-10(6-8-11)15-12(9-19)16(23)21-17-20-13-3-1-2-4-14(13)22(15)17/h1-8,12,15H,(H,20,21,23). The molecule has 0 spiro atoms. The molecular formula is C17H11FN4O. The predicted octanol–water partition coefficient (Wildman–Crippen LogP) is 2.86. The molecule has 4 rings (SSSR count). The zero-order valence-corrected chi connectivity index (χ0v) is 11.9. The van der Waals surface area contributed by atoms with Crippen molar-refractivity contribution in [1.82, 2.24) is 9.55 Å². The third-order valence-electron chi connectivity index (χ3n) is 4.06. The van der Waals surface area contributed by atoms with Crippen LogP contribution >= 0.6 is 0 Å². The van der Waals surface area contributed by atoms with E-state index in [1.807, 2.05) is 28.8 Å². The molecule has 2 unspecified atom stereocenters. The van der Waals surface area contributed by atoms with Crippen LogP contribution in [-0.4, -0.2) is 15.5 Å². The minimum Gasteiger partial charge on any atom is -0.300 e. The Bertz CT molecular complexity index is 955. The number of benzene rings is 2. The van der Waals surface area contributed by atoms with Crippen molar-refractivity contribution in [2.24, 2.45) is 5.92 Å². The molecule has 2 aromatic carbocycles. The fourth-order valence-electron chi connectivity index (χ4n) is 3.03. The predicted molar refractivity (Wildman–Crippen MR) is 82.0 cm³/mol. The van der Waals surface area contributed by atoms with Crippen molar-refractivity contribution in [1.29, 1.82) is 5.26 Å². The van der Waals surface area contributed by atoms with E-state index in [-0.39, 0.29) is 5.82 Å². The Morgan fingerprint density at radius 3 is 2.65 bits per heavy atom. The van der Waals surface area contributed by atoms with Crippen LogP contribution in [0.1, 0.15) is 11.6 Å². The van der Waals surface area contributed by atoms with E-state index in [1.54, 1.807) is 12.1 Å². The lowest BCUT2D eigenvalue weighted by Crippen LogP contribution is -2.37. The third kappa shape index (κ3) is 1.98. The molecule has 2 heterocycles. The van der Waals surface area contributed by atoms with Gasteiger partial charge in [0, 0.05) is 0 Å². The van der Waals surface area contributed by atoms with Gasteiger partial charge >= 0.3 is 0 Å². The zero-order chi connectivity index (χ0) is 16.0. The van der Waals surface area contributed by atoms with Gasteiger partial charge in [-0.25, -0.2) is 9.37 Å². The highest BCUT2D eigenvalue weighted by atomic mass is 19.1. The number of aromatic nitrogens is 2. The van der Waals surface area contributed by atoms with E-state index in [0.29, 0.717) is 11.5 Å². The molecule has 0 aliphatic carbocycles. The van der Waals surface area contributed by atoms with E-state index in [2.05, 4.69) is 16.4 Å². The average molecular weight is 306 g/mol. The molecule has 6 heteroatoms. The second kappa shape index (κ2) is 4.92. The summed E-state index contributed by atoms with van der Waals surface area (Å²) in [5.41, 5.74) is 2.24. The van der Waals surface area contributed by atoms with Gasteiger partial charge in [0.05, 0.1) is 23.1 Å². The Kier molecular flexibility index (Phi) is 2.88. The van der Waals surface area contributed by atoms with E-state index >= 15 is 0 Å². The Morgan fingerprint density at radius 1 is 1.17 bits per heavy atom. The van der Waals surface area contributed by atoms with Gasteiger partial charge in [0.1, 0.15) is 5.82 Å². The molecule has 0 radical (unpaired) electrons. The van der Waals surface area contributed by atoms with Crippen LogP contribution in [0.5, 0.6) is 0 Å². The van der Waals surface area contributed by atoms with Crippen molar-refractivity contribution >= 4 is 22.9 Å². The lowest BCUT2D eigenvalue weighted by Gasteiger charge is -2.29. The van der Waals surface area contributed by atoms with Crippen LogP contribution in [0.4, 0.5) is 10.3 Å². The van der Waals surface area contributed by atoms with Crippen molar-refractivity contribution in [2.75, 3.05) is 5.32 Å². The highest BCUT2D eigenvalue weighted by molar-refractivity contribution is 5.97. The second-order valence-corrected chi connectivity index (χ2v) is 5.39. The molecule has 1 aliphatic rings. The minimum atomic E-state index is -0.912. The van der Waals surface area contributed by atoms with Gasteiger partial charge in [0.2, 0.25) is 11.9 Å². The number of imidazole rings is 1. The summed E-state index contributed by atoms with van der Waals surface area (Å²) in [6, 6.07) is 14.8. The molecule has 1 aromatic heterocycles. The summed E-state index contributed by atoms with van der Waals surface area (Å²) in [6.45, 7) is 0. The van der Waals surface area contributed by atoms with Gasteiger partial charge in [-0.05, 0) is 29.8 Å². The summed E-state index contributed by atoms with van der Waals surface area (Å²) in [7, 11) is 0. The summed E-state index contributed by atoms with van der Waals surface area (Å²) >= 11 is 0. The van der Waals surface area contributed by atoms with Crippen LogP contribution in [0.25, 0.3) is 11.0 Å². The van der Waals surface area contributed by atoms with Crippen molar-refractivity contribution in [3.05, 3.63) is 59.9 Å². The van der Waals surface area contributed by atoms with Crippen molar-refractivity contribution in [3.63, 3.8) is 0 Å². The number of nitriles is 1. The Labute approximate surface area is 131 Å². The molecule has 2 atom stereocenters. The van der Waals surface area contributed by atoms with Gasteiger partial charge in [-0.15, -0.1) is 0 Å². The number of hydrogen-bond donors (Lipinski definition) is 1. The Balaban J connectivity index is 2.00. The van der Waals surface area contributed by atoms with Crippen LogP contribution in [0.2, 0.25) is 0 Å². The highest BCUT2D eigenvalue weighted by Gasteiger charge is 2.38. The number of hydrogen-bond acceptors (Lipinski definition) is 3. The molecule has 1 amide bonds. The SMILES string of the molecule is N#CC1C(=O)Nc2nc3ccccc3n2C1c1ccc(F)cc1. The normalized spacial score (nSPS) is 19.9. The van der Waals surface area contributed by atoms with Crippen molar-refractivity contribution in [3.8, 4) is 6.07 Å². The van der Waals surface area contributed by atoms with Gasteiger partial charge in [-0.2, -0.15) is 5.26 Å². The fraction of sp³-hybridized carbons (Fsp3) is 0.118. The summed E-state index contributed by atoms with van der Waals surface area (Å²) in [5.74, 6) is -1.27. The number of nitrogens with zero attached hydrogens (tertiary/aromatic N) is 3. The second-order valence-electron chi connectivity index (χ2n) is 5.39.